The van der Waals surface area contributed by atoms with E-state index in [1.165, 1.54) is 23.9 Å². The van der Waals surface area contributed by atoms with Crippen LogP contribution in [0.4, 0.5) is 10.1 Å². The average molecular weight is 487 g/mol. The molecule has 1 amide bonds. The van der Waals surface area contributed by atoms with Crippen molar-refractivity contribution in [3.8, 4) is 17.1 Å². The fourth-order valence-corrected chi connectivity index (χ4v) is 4.15. The minimum Gasteiger partial charge on any atom is -0.497 e. The summed E-state index contributed by atoms with van der Waals surface area (Å²) >= 11 is 7.27. The Balaban J connectivity index is 1.59. The van der Waals surface area contributed by atoms with Crippen LogP contribution in [-0.2, 0) is 11.3 Å². The van der Waals surface area contributed by atoms with Gasteiger partial charge in [-0.25, -0.2) is 4.39 Å². The van der Waals surface area contributed by atoms with E-state index in [0.717, 1.165) is 17.4 Å². The minimum absolute atomic E-state index is 0.127. The number of benzene rings is 2. The lowest BCUT2D eigenvalue weighted by Crippen LogP contribution is -2.23. The van der Waals surface area contributed by atoms with Crippen molar-refractivity contribution < 1.29 is 18.3 Å². The summed E-state index contributed by atoms with van der Waals surface area (Å²) < 4.78 is 26.0. The SMILES string of the molecule is COc1cccc(-c2nnc(S[C@@H](C)C(=O)Nc3ccc(F)cc3Cl)n2Cc2ccco2)c1. The second-order valence-electron chi connectivity index (χ2n) is 7.08. The van der Waals surface area contributed by atoms with E-state index in [9.17, 15) is 9.18 Å². The lowest BCUT2D eigenvalue weighted by molar-refractivity contribution is -0.115. The quantitative estimate of drug-likeness (QED) is 0.331. The first kappa shape index (κ1) is 22.9. The summed E-state index contributed by atoms with van der Waals surface area (Å²) in [6, 6.07) is 15.0. The summed E-state index contributed by atoms with van der Waals surface area (Å²) in [6.07, 6.45) is 1.60. The van der Waals surface area contributed by atoms with E-state index >= 15 is 0 Å². The summed E-state index contributed by atoms with van der Waals surface area (Å²) in [7, 11) is 1.60. The molecule has 170 valence electrons. The highest BCUT2D eigenvalue weighted by atomic mass is 35.5. The highest BCUT2D eigenvalue weighted by Gasteiger charge is 2.22. The Kier molecular flexibility index (Phi) is 7.00. The molecular weight excluding hydrogens is 467 g/mol. The number of anilines is 1. The molecule has 33 heavy (non-hydrogen) atoms. The van der Waals surface area contributed by atoms with Crippen molar-refractivity contribution in [1.29, 1.82) is 0 Å². The van der Waals surface area contributed by atoms with Crippen LogP contribution in [-0.4, -0.2) is 33.0 Å². The smallest absolute Gasteiger partial charge is 0.237 e. The van der Waals surface area contributed by atoms with Gasteiger partial charge in [-0.1, -0.05) is 35.5 Å². The van der Waals surface area contributed by atoms with Crippen LogP contribution in [0.15, 0.2) is 70.4 Å². The van der Waals surface area contributed by atoms with Gasteiger partial charge in [0.1, 0.15) is 17.3 Å². The Morgan fingerprint density at radius 1 is 1.24 bits per heavy atom. The van der Waals surface area contributed by atoms with Crippen LogP contribution in [0.1, 0.15) is 12.7 Å². The van der Waals surface area contributed by atoms with E-state index in [0.29, 0.717) is 29.0 Å². The van der Waals surface area contributed by atoms with Gasteiger partial charge in [-0.05, 0) is 49.4 Å². The molecule has 1 N–H and O–H groups in total. The molecule has 2 aromatic heterocycles. The van der Waals surface area contributed by atoms with E-state index < -0.39 is 11.1 Å². The molecule has 2 heterocycles. The van der Waals surface area contributed by atoms with Crippen molar-refractivity contribution in [2.45, 2.75) is 23.9 Å². The van der Waals surface area contributed by atoms with Gasteiger partial charge in [-0.15, -0.1) is 10.2 Å². The Bertz CT molecular complexity index is 1260. The molecule has 10 heteroatoms. The number of hydrogen-bond donors (Lipinski definition) is 1. The zero-order valence-corrected chi connectivity index (χ0v) is 19.4. The fraction of sp³-hybridized carbons (Fsp3) is 0.174. The Labute approximate surface area is 198 Å². The monoisotopic (exact) mass is 486 g/mol. The molecule has 0 radical (unpaired) electrons. The van der Waals surface area contributed by atoms with Gasteiger partial charge in [-0.2, -0.15) is 0 Å². The third-order valence-corrected chi connectivity index (χ3v) is 6.17. The normalized spacial score (nSPS) is 11.9. The zero-order chi connectivity index (χ0) is 23.4. The summed E-state index contributed by atoms with van der Waals surface area (Å²) in [4.78, 5) is 12.8. The Hall–Kier alpha value is -3.30. The van der Waals surface area contributed by atoms with Gasteiger partial charge in [0.15, 0.2) is 11.0 Å². The fourth-order valence-electron chi connectivity index (χ4n) is 3.09. The van der Waals surface area contributed by atoms with Crippen LogP contribution in [0.3, 0.4) is 0 Å². The van der Waals surface area contributed by atoms with Crippen molar-refractivity contribution in [2.24, 2.45) is 0 Å². The summed E-state index contributed by atoms with van der Waals surface area (Å²) in [5.74, 6) is 1.25. The number of methoxy groups -OCH3 is 1. The molecule has 0 fully saturated rings. The van der Waals surface area contributed by atoms with Crippen LogP contribution in [0, 0.1) is 5.82 Å². The van der Waals surface area contributed by atoms with E-state index in [1.807, 2.05) is 34.9 Å². The molecule has 4 rings (SSSR count). The number of rotatable bonds is 8. The molecular formula is C23H20ClFN4O3S. The van der Waals surface area contributed by atoms with Gasteiger partial charge < -0.3 is 14.5 Å². The van der Waals surface area contributed by atoms with Crippen molar-refractivity contribution in [2.75, 3.05) is 12.4 Å². The summed E-state index contributed by atoms with van der Waals surface area (Å²) in [5.41, 5.74) is 1.15. The first-order chi connectivity index (χ1) is 15.9. The number of ether oxygens (including phenoxy) is 1. The molecule has 7 nitrogen and oxygen atoms in total. The molecule has 2 aromatic carbocycles. The number of halogens is 2. The van der Waals surface area contributed by atoms with E-state index in [1.54, 1.807) is 26.4 Å². The highest BCUT2D eigenvalue weighted by Crippen LogP contribution is 2.30. The van der Waals surface area contributed by atoms with Crippen molar-refractivity contribution >= 4 is 35.0 Å². The molecule has 0 spiro atoms. The molecule has 0 aliphatic heterocycles. The molecule has 0 saturated carbocycles. The summed E-state index contributed by atoms with van der Waals surface area (Å²) in [5, 5.41) is 11.5. The minimum atomic E-state index is -0.538. The first-order valence-electron chi connectivity index (χ1n) is 9.97. The Morgan fingerprint density at radius 2 is 2.09 bits per heavy atom. The largest absolute Gasteiger partial charge is 0.497 e. The predicted octanol–water partition coefficient (Wildman–Crippen LogP) is 5.51. The van der Waals surface area contributed by atoms with Crippen LogP contribution in [0.2, 0.25) is 5.02 Å². The van der Waals surface area contributed by atoms with Gasteiger partial charge >= 0.3 is 0 Å². The van der Waals surface area contributed by atoms with Crippen LogP contribution >= 0.6 is 23.4 Å². The lowest BCUT2D eigenvalue weighted by Gasteiger charge is -2.14. The van der Waals surface area contributed by atoms with Crippen molar-refractivity contribution in [3.05, 3.63) is 77.5 Å². The van der Waals surface area contributed by atoms with E-state index in [-0.39, 0.29) is 10.9 Å². The maximum atomic E-state index is 13.3. The van der Waals surface area contributed by atoms with Gasteiger partial charge in [-0.3, -0.25) is 9.36 Å². The molecule has 1 atom stereocenters. The highest BCUT2D eigenvalue weighted by molar-refractivity contribution is 8.00. The zero-order valence-electron chi connectivity index (χ0n) is 17.8. The molecule has 0 aliphatic rings. The third-order valence-electron chi connectivity index (χ3n) is 4.78. The van der Waals surface area contributed by atoms with Crippen molar-refractivity contribution in [3.63, 3.8) is 0 Å². The third kappa shape index (κ3) is 5.37. The number of carbonyl (C=O) groups excluding carboxylic acids is 1. The molecule has 0 saturated heterocycles. The van der Waals surface area contributed by atoms with Crippen LogP contribution < -0.4 is 10.1 Å². The van der Waals surface area contributed by atoms with Crippen molar-refractivity contribution in [1.82, 2.24) is 14.8 Å². The summed E-state index contributed by atoms with van der Waals surface area (Å²) in [6.45, 7) is 2.13. The average Bonchev–Trinajstić information content (AvgIpc) is 3.46. The predicted molar refractivity (Wildman–Crippen MR) is 125 cm³/mol. The second-order valence-corrected chi connectivity index (χ2v) is 8.79. The van der Waals surface area contributed by atoms with E-state index in [4.69, 9.17) is 20.8 Å². The number of nitrogens with one attached hydrogen (secondary N) is 1. The van der Waals surface area contributed by atoms with Crippen LogP contribution in [0.25, 0.3) is 11.4 Å². The molecule has 0 bridgehead atoms. The number of aromatic nitrogens is 3. The maximum absolute atomic E-state index is 13.3. The van der Waals surface area contributed by atoms with Gasteiger partial charge in [0, 0.05) is 5.56 Å². The van der Waals surface area contributed by atoms with Gasteiger partial charge in [0.25, 0.3) is 0 Å². The molecule has 0 aliphatic carbocycles. The molecule has 4 aromatic rings. The number of carbonyl (C=O) groups is 1. The Morgan fingerprint density at radius 3 is 2.82 bits per heavy atom. The topological polar surface area (TPSA) is 82.2 Å². The second kappa shape index (κ2) is 10.1. The van der Waals surface area contributed by atoms with Gasteiger partial charge in [0.2, 0.25) is 5.91 Å². The van der Waals surface area contributed by atoms with Crippen LogP contribution in [0.5, 0.6) is 5.75 Å². The number of furan rings is 1. The molecule has 0 unspecified atom stereocenters. The lowest BCUT2D eigenvalue weighted by atomic mass is 10.2. The maximum Gasteiger partial charge on any atom is 0.237 e. The number of hydrogen-bond acceptors (Lipinski definition) is 6. The van der Waals surface area contributed by atoms with Gasteiger partial charge in [0.05, 0.1) is 35.9 Å². The number of amides is 1. The first-order valence-corrected chi connectivity index (χ1v) is 11.2. The number of nitrogens with zero attached hydrogens (tertiary/aromatic N) is 3. The van der Waals surface area contributed by atoms with E-state index in [2.05, 4.69) is 15.5 Å². The number of thioether (sulfide) groups is 1. The standard InChI is InChI=1S/C23H20ClFN4O3S/c1-14(22(30)26-20-9-8-16(25)12-19(20)24)33-23-28-27-21(15-5-3-6-17(11-15)31-2)29(23)13-18-7-4-10-32-18/h3-12,14H,13H2,1-2H3,(H,26,30)/t14-/m0/s1.